The number of aromatic carboxylic acids is 1. The molecule has 6 nitrogen and oxygen atoms in total. The topological polar surface area (TPSA) is 80.4 Å². The Balaban J connectivity index is 2.63. The summed E-state index contributed by atoms with van der Waals surface area (Å²) in [6, 6.07) is 5.18. The van der Waals surface area contributed by atoms with Crippen LogP contribution in [-0.2, 0) is 0 Å². The molecule has 18 heavy (non-hydrogen) atoms. The van der Waals surface area contributed by atoms with E-state index in [1.54, 1.807) is 25.1 Å². The number of carboxylic acid groups (broad SMARTS) is 1. The SMILES string of the molecule is Cc1c(C(=O)O)c2nnnn2c2cc(Cl)ccc12. The number of hydrogen-bond donors (Lipinski definition) is 1. The number of rotatable bonds is 1. The first-order valence-electron chi connectivity index (χ1n) is 5.13. The Kier molecular flexibility index (Phi) is 2.21. The number of pyridine rings is 1. The average molecular weight is 263 g/mol. The first kappa shape index (κ1) is 10.9. The zero-order valence-corrected chi connectivity index (χ0v) is 10.0. The fourth-order valence-electron chi connectivity index (χ4n) is 2.06. The van der Waals surface area contributed by atoms with E-state index in [0.717, 1.165) is 5.39 Å². The van der Waals surface area contributed by atoms with Crippen LogP contribution in [0.3, 0.4) is 0 Å². The van der Waals surface area contributed by atoms with Gasteiger partial charge >= 0.3 is 5.97 Å². The van der Waals surface area contributed by atoms with Gasteiger partial charge in [-0.3, -0.25) is 0 Å². The van der Waals surface area contributed by atoms with Gasteiger partial charge in [0.05, 0.1) is 5.52 Å². The number of tetrazole rings is 1. The Bertz CT molecular complexity index is 796. The normalized spacial score (nSPS) is 11.2. The number of carbonyl (C=O) groups is 1. The van der Waals surface area contributed by atoms with E-state index < -0.39 is 5.97 Å². The summed E-state index contributed by atoms with van der Waals surface area (Å²) in [4.78, 5) is 11.3. The molecule has 0 radical (unpaired) electrons. The summed E-state index contributed by atoms with van der Waals surface area (Å²) in [5, 5.41) is 21.7. The minimum Gasteiger partial charge on any atom is -0.478 e. The Morgan fingerprint density at radius 1 is 1.44 bits per heavy atom. The number of halogens is 1. The Labute approximate surface area is 106 Å². The van der Waals surface area contributed by atoms with Gasteiger partial charge in [-0.2, -0.15) is 4.52 Å². The lowest BCUT2D eigenvalue weighted by Crippen LogP contribution is -2.06. The third-order valence-electron chi connectivity index (χ3n) is 2.87. The lowest BCUT2D eigenvalue weighted by atomic mass is 10.0. The van der Waals surface area contributed by atoms with Crippen LogP contribution in [0.2, 0.25) is 5.02 Å². The third kappa shape index (κ3) is 1.36. The monoisotopic (exact) mass is 262 g/mol. The number of aromatic nitrogens is 4. The molecule has 0 amide bonds. The highest BCUT2D eigenvalue weighted by Crippen LogP contribution is 2.26. The van der Waals surface area contributed by atoms with E-state index >= 15 is 0 Å². The highest BCUT2D eigenvalue weighted by Gasteiger charge is 2.19. The van der Waals surface area contributed by atoms with Crippen molar-refractivity contribution in [3.63, 3.8) is 0 Å². The Hall–Kier alpha value is -2.21. The molecule has 3 rings (SSSR count). The molecular weight excluding hydrogens is 256 g/mol. The van der Waals surface area contributed by atoms with Crippen LogP contribution in [0.5, 0.6) is 0 Å². The van der Waals surface area contributed by atoms with Crippen LogP contribution < -0.4 is 0 Å². The molecule has 0 aliphatic heterocycles. The van der Waals surface area contributed by atoms with Crippen LogP contribution in [0.4, 0.5) is 0 Å². The summed E-state index contributed by atoms with van der Waals surface area (Å²) in [6.07, 6.45) is 0. The fraction of sp³-hybridized carbons (Fsp3) is 0.0909. The first-order chi connectivity index (χ1) is 8.59. The Morgan fingerprint density at radius 3 is 2.94 bits per heavy atom. The molecule has 0 bridgehead atoms. The van der Waals surface area contributed by atoms with Crippen molar-refractivity contribution in [2.45, 2.75) is 6.92 Å². The predicted octanol–water partition coefficient (Wildman–Crippen LogP) is 1.94. The van der Waals surface area contributed by atoms with Gasteiger partial charge in [0, 0.05) is 10.4 Å². The zero-order chi connectivity index (χ0) is 12.9. The lowest BCUT2D eigenvalue weighted by molar-refractivity contribution is 0.0698. The molecule has 0 aliphatic carbocycles. The van der Waals surface area contributed by atoms with E-state index in [-0.39, 0.29) is 11.2 Å². The van der Waals surface area contributed by atoms with Gasteiger partial charge in [-0.15, -0.1) is 5.10 Å². The molecule has 90 valence electrons. The van der Waals surface area contributed by atoms with Gasteiger partial charge in [0.1, 0.15) is 5.56 Å². The molecule has 7 heteroatoms. The number of nitrogens with zero attached hydrogens (tertiary/aromatic N) is 4. The van der Waals surface area contributed by atoms with Crippen molar-refractivity contribution in [3.8, 4) is 0 Å². The number of benzene rings is 1. The highest BCUT2D eigenvalue weighted by molar-refractivity contribution is 6.31. The fourth-order valence-corrected chi connectivity index (χ4v) is 2.23. The smallest absolute Gasteiger partial charge is 0.339 e. The second kappa shape index (κ2) is 3.64. The van der Waals surface area contributed by atoms with Crippen molar-refractivity contribution >= 4 is 34.1 Å². The van der Waals surface area contributed by atoms with Crippen LogP contribution in [0.1, 0.15) is 15.9 Å². The molecule has 0 saturated carbocycles. The maximum absolute atomic E-state index is 11.3. The van der Waals surface area contributed by atoms with Crippen molar-refractivity contribution < 1.29 is 9.90 Å². The second-order valence-electron chi connectivity index (χ2n) is 3.88. The number of hydrogen-bond acceptors (Lipinski definition) is 4. The number of aryl methyl sites for hydroxylation is 1. The van der Waals surface area contributed by atoms with E-state index in [0.29, 0.717) is 16.1 Å². The van der Waals surface area contributed by atoms with Crippen molar-refractivity contribution in [2.24, 2.45) is 0 Å². The van der Waals surface area contributed by atoms with Crippen molar-refractivity contribution in [1.82, 2.24) is 20.0 Å². The lowest BCUT2D eigenvalue weighted by Gasteiger charge is -2.08. The van der Waals surface area contributed by atoms with E-state index in [1.165, 1.54) is 4.52 Å². The van der Waals surface area contributed by atoms with E-state index in [2.05, 4.69) is 15.5 Å². The minimum absolute atomic E-state index is 0.106. The summed E-state index contributed by atoms with van der Waals surface area (Å²) in [5.74, 6) is -1.05. The van der Waals surface area contributed by atoms with Crippen molar-refractivity contribution in [2.75, 3.05) is 0 Å². The average Bonchev–Trinajstić information content (AvgIpc) is 2.77. The molecule has 2 aromatic heterocycles. The van der Waals surface area contributed by atoms with Crippen LogP contribution in [-0.4, -0.2) is 31.1 Å². The molecule has 0 saturated heterocycles. The van der Waals surface area contributed by atoms with Crippen LogP contribution in [0, 0.1) is 6.92 Å². The highest BCUT2D eigenvalue weighted by atomic mass is 35.5. The zero-order valence-electron chi connectivity index (χ0n) is 9.25. The first-order valence-corrected chi connectivity index (χ1v) is 5.50. The quantitative estimate of drug-likeness (QED) is 0.725. The molecule has 0 fully saturated rings. The molecule has 1 aromatic carbocycles. The van der Waals surface area contributed by atoms with Gasteiger partial charge in [-0.1, -0.05) is 17.7 Å². The van der Waals surface area contributed by atoms with Crippen LogP contribution in [0.25, 0.3) is 16.6 Å². The van der Waals surface area contributed by atoms with E-state index in [9.17, 15) is 9.90 Å². The van der Waals surface area contributed by atoms with E-state index in [4.69, 9.17) is 11.6 Å². The summed E-state index contributed by atoms with van der Waals surface area (Å²) in [5.41, 5.74) is 1.63. The van der Waals surface area contributed by atoms with Gasteiger partial charge in [0.15, 0.2) is 5.65 Å². The van der Waals surface area contributed by atoms with Crippen molar-refractivity contribution in [1.29, 1.82) is 0 Å². The number of fused-ring (bicyclic) bond motifs is 3. The molecule has 1 N–H and O–H groups in total. The number of carboxylic acids is 1. The van der Waals surface area contributed by atoms with Crippen LogP contribution >= 0.6 is 11.6 Å². The van der Waals surface area contributed by atoms with Gasteiger partial charge in [-0.25, -0.2) is 4.79 Å². The minimum atomic E-state index is -1.05. The molecule has 0 atom stereocenters. The second-order valence-corrected chi connectivity index (χ2v) is 4.32. The molecular formula is C11H7ClN4O2. The summed E-state index contributed by atoms with van der Waals surface area (Å²) >= 11 is 5.94. The van der Waals surface area contributed by atoms with E-state index in [1.807, 2.05) is 0 Å². The molecule has 0 spiro atoms. The maximum Gasteiger partial charge on any atom is 0.339 e. The van der Waals surface area contributed by atoms with Gasteiger partial charge in [0.2, 0.25) is 0 Å². The van der Waals surface area contributed by atoms with Gasteiger partial charge < -0.3 is 5.11 Å². The Morgan fingerprint density at radius 2 is 2.22 bits per heavy atom. The van der Waals surface area contributed by atoms with Gasteiger partial charge in [0.25, 0.3) is 0 Å². The molecule has 3 aromatic rings. The maximum atomic E-state index is 11.3. The standard InChI is InChI=1S/C11H7ClN4O2/c1-5-7-3-2-6(12)4-8(7)16-10(13-14-15-16)9(5)11(17)18/h2-4H,1H3,(H,17,18). The molecule has 0 unspecified atom stereocenters. The van der Waals surface area contributed by atoms with Crippen molar-refractivity contribution in [3.05, 3.63) is 34.3 Å². The molecule has 2 heterocycles. The summed E-state index contributed by atoms with van der Waals surface area (Å²) in [6.45, 7) is 1.73. The third-order valence-corrected chi connectivity index (χ3v) is 3.11. The summed E-state index contributed by atoms with van der Waals surface area (Å²) in [7, 11) is 0. The van der Waals surface area contributed by atoms with Gasteiger partial charge in [-0.05, 0) is 35.0 Å². The summed E-state index contributed by atoms with van der Waals surface area (Å²) < 4.78 is 1.39. The largest absolute Gasteiger partial charge is 0.478 e. The predicted molar refractivity (Wildman–Crippen MR) is 65.0 cm³/mol. The van der Waals surface area contributed by atoms with Crippen LogP contribution in [0.15, 0.2) is 18.2 Å². The molecule has 0 aliphatic rings.